The molecule has 0 aliphatic rings. The summed E-state index contributed by atoms with van der Waals surface area (Å²) in [6.07, 6.45) is 0. The van der Waals surface area contributed by atoms with Crippen LogP contribution in [-0.2, 0) is 0 Å². The molecule has 0 fully saturated rings. The Hall–Kier alpha value is -1.92. The molecule has 2 aromatic carbocycles. The van der Waals surface area contributed by atoms with Gasteiger partial charge in [0.1, 0.15) is 6.07 Å². The number of nitriles is 1. The number of nitrogens with one attached hydrogen (secondary N) is 1. The van der Waals surface area contributed by atoms with Crippen LogP contribution in [0.25, 0.3) is 0 Å². The van der Waals surface area contributed by atoms with Gasteiger partial charge in [0.2, 0.25) is 0 Å². The van der Waals surface area contributed by atoms with Crippen molar-refractivity contribution in [2.75, 3.05) is 11.1 Å². The molecule has 0 aliphatic carbocycles. The van der Waals surface area contributed by atoms with Gasteiger partial charge in [-0.15, -0.1) is 11.8 Å². The molecule has 3 heteroatoms. The highest BCUT2D eigenvalue weighted by Crippen LogP contribution is 2.30. The zero-order chi connectivity index (χ0) is 13.7. The minimum Gasteiger partial charge on any atom is -0.354 e. The van der Waals surface area contributed by atoms with Gasteiger partial charge in [-0.05, 0) is 36.4 Å². The molecule has 0 heterocycles. The lowest BCUT2D eigenvalue weighted by Crippen LogP contribution is -1.96. The zero-order valence-corrected chi connectivity index (χ0v) is 11.9. The van der Waals surface area contributed by atoms with Crippen LogP contribution in [0.3, 0.4) is 0 Å². The van der Waals surface area contributed by atoms with Crippen molar-refractivity contribution >= 4 is 23.1 Å². The van der Waals surface area contributed by atoms with Crippen LogP contribution in [0.1, 0.15) is 18.1 Å². The van der Waals surface area contributed by atoms with Gasteiger partial charge >= 0.3 is 0 Å². The predicted molar refractivity (Wildman–Crippen MR) is 82.0 cm³/mol. The first-order valence-electron chi connectivity index (χ1n) is 6.24. The van der Waals surface area contributed by atoms with Gasteiger partial charge in [-0.25, -0.2) is 0 Å². The highest BCUT2D eigenvalue weighted by molar-refractivity contribution is 7.99. The molecule has 1 N–H and O–H groups in total. The Bertz CT molecular complexity index is 614. The van der Waals surface area contributed by atoms with Crippen LogP contribution in [0, 0.1) is 18.3 Å². The van der Waals surface area contributed by atoms with Gasteiger partial charge in [0.05, 0.1) is 11.3 Å². The van der Waals surface area contributed by atoms with Crippen molar-refractivity contribution in [1.82, 2.24) is 0 Å². The molecule has 0 radical (unpaired) electrons. The fraction of sp³-hybridized carbons (Fsp3) is 0.188. The van der Waals surface area contributed by atoms with Crippen molar-refractivity contribution < 1.29 is 0 Å². The lowest BCUT2D eigenvalue weighted by molar-refractivity contribution is 1.34. The first kappa shape index (κ1) is 13.5. The van der Waals surface area contributed by atoms with Crippen LogP contribution >= 0.6 is 11.8 Å². The largest absolute Gasteiger partial charge is 0.354 e. The smallest absolute Gasteiger partial charge is 0.103 e. The lowest BCUT2D eigenvalue weighted by Gasteiger charge is -2.12. The third kappa shape index (κ3) is 3.10. The van der Waals surface area contributed by atoms with Crippen molar-refractivity contribution in [1.29, 1.82) is 5.26 Å². The van der Waals surface area contributed by atoms with E-state index in [0.717, 1.165) is 27.6 Å². The molecule has 0 atom stereocenters. The number of hydrogen-bond acceptors (Lipinski definition) is 3. The van der Waals surface area contributed by atoms with Crippen LogP contribution in [0.2, 0.25) is 0 Å². The summed E-state index contributed by atoms with van der Waals surface area (Å²) in [5.41, 5.74) is 3.80. The Morgan fingerprint density at radius 1 is 1.11 bits per heavy atom. The van der Waals surface area contributed by atoms with E-state index in [0.29, 0.717) is 0 Å². The number of hydrogen-bond donors (Lipinski definition) is 1. The summed E-state index contributed by atoms with van der Waals surface area (Å²) >= 11 is 1.69. The Morgan fingerprint density at radius 3 is 2.53 bits per heavy atom. The van der Waals surface area contributed by atoms with Crippen LogP contribution in [0.15, 0.2) is 47.4 Å². The van der Waals surface area contributed by atoms with Gasteiger partial charge in [0.25, 0.3) is 0 Å². The highest BCUT2D eigenvalue weighted by Gasteiger charge is 2.08. The third-order valence-electron chi connectivity index (χ3n) is 2.85. The van der Waals surface area contributed by atoms with Crippen molar-refractivity contribution in [2.45, 2.75) is 18.7 Å². The Balaban J connectivity index is 2.38. The first-order valence-corrected chi connectivity index (χ1v) is 7.23. The van der Waals surface area contributed by atoms with Crippen LogP contribution in [0.4, 0.5) is 11.4 Å². The number of anilines is 2. The minimum absolute atomic E-state index is 0.720. The van der Waals surface area contributed by atoms with Crippen LogP contribution in [0.5, 0.6) is 0 Å². The molecule has 0 unspecified atom stereocenters. The Morgan fingerprint density at radius 2 is 1.84 bits per heavy atom. The SMILES string of the molecule is CCSc1cccc(Nc2ccccc2C)c1C#N. The summed E-state index contributed by atoms with van der Waals surface area (Å²) in [7, 11) is 0. The molecule has 19 heavy (non-hydrogen) atoms. The summed E-state index contributed by atoms with van der Waals surface area (Å²) in [4.78, 5) is 1.03. The minimum atomic E-state index is 0.720. The molecule has 2 nitrogen and oxygen atoms in total. The Labute approximate surface area is 118 Å². The molecule has 0 aliphatic heterocycles. The monoisotopic (exact) mass is 268 g/mol. The van der Waals surface area contributed by atoms with E-state index in [1.165, 1.54) is 5.56 Å². The molecule has 96 valence electrons. The van der Waals surface area contributed by atoms with Gasteiger partial charge < -0.3 is 5.32 Å². The molecule has 0 spiro atoms. The third-order valence-corrected chi connectivity index (χ3v) is 3.79. The van der Waals surface area contributed by atoms with Crippen molar-refractivity contribution in [3.63, 3.8) is 0 Å². The number of benzene rings is 2. The van der Waals surface area contributed by atoms with E-state index in [9.17, 15) is 5.26 Å². The first-order chi connectivity index (χ1) is 9.26. The average Bonchev–Trinajstić information content (AvgIpc) is 2.42. The normalized spacial score (nSPS) is 9.95. The van der Waals surface area contributed by atoms with Gasteiger partial charge in [-0.3, -0.25) is 0 Å². The maximum atomic E-state index is 9.37. The van der Waals surface area contributed by atoms with Gasteiger partial charge in [0, 0.05) is 10.6 Å². The lowest BCUT2D eigenvalue weighted by atomic mass is 10.1. The second kappa shape index (κ2) is 6.31. The molecule has 2 rings (SSSR count). The maximum absolute atomic E-state index is 9.37. The van der Waals surface area contributed by atoms with E-state index in [1.807, 2.05) is 36.4 Å². The molecule has 0 amide bonds. The number of nitrogens with zero attached hydrogens (tertiary/aromatic N) is 1. The van der Waals surface area contributed by atoms with E-state index >= 15 is 0 Å². The van der Waals surface area contributed by atoms with Crippen molar-refractivity contribution in [3.05, 3.63) is 53.6 Å². The quantitative estimate of drug-likeness (QED) is 0.815. The fourth-order valence-corrected chi connectivity index (χ4v) is 2.67. The van der Waals surface area contributed by atoms with Gasteiger partial charge in [0.15, 0.2) is 0 Å². The highest BCUT2D eigenvalue weighted by atomic mass is 32.2. The summed E-state index contributed by atoms with van der Waals surface area (Å²) in [5.74, 6) is 0.961. The second-order valence-corrected chi connectivity index (χ2v) is 5.47. The van der Waals surface area contributed by atoms with Gasteiger partial charge in [-0.2, -0.15) is 5.26 Å². The van der Waals surface area contributed by atoms with Crippen LogP contribution in [-0.4, -0.2) is 5.75 Å². The van der Waals surface area contributed by atoms with E-state index in [4.69, 9.17) is 0 Å². The Kier molecular flexibility index (Phi) is 4.48. The summed E-state index contributed by atoms with van der Waals surface area (Å²) in [5, 5.41) is 12.7. The molecule has 2 aromatic rings. The molecule has 0 aromatic heterocycles. The number of thioether (sulfide) groups is 1. The molecular formula is C16H16N2S. The number of para-hydroxylation sites is 1. The number of aryl methyl sites for hydroxylation is 1. The summed E-state index contributed by atoms with van der Waals surface area (Å²) < 4.78 is 0. The average molecular weight is 268 g/mol. The standard InChI is InChI=1S/C16H16N2S/c1-3-19-16-10-6-9-15(13(16)11-17)18-14-8-5-4-7-12(14)2/h4-10,18H,3H2,1-2H3. The fourth-order valence-electron chi connectivity index (χ4n) is 1.88. The van der Waals surface area contributed by atoms with E-state index in [1.54, 1.807) is 11.8 Å². The molecule has 0 bridgehead atoms. The zero-order valence-electron chi connectivity index (χ0n) is 11.1. The second-order valence-electron chi connectivity index (χ2n) is 4.16. The van der Waals surface area contributed by atoms with Crippen LogP contribution < -0.4 is 5.32 Å². The van der Waals surface area contributed by atoms with E-state index in [-0.39, 0.29) is 0 Å². The maximum Gasteiger partial charge on any atom is 0.103 e. The number of rotatable bonds is 4. The van der Waals surface area contributed by atoms with Crippen molar-refractivity contribution in [2.24, 2.45) is 0 Å². The molecule has 0 saturated carbocycles. The van der Waals surface area contributed by atoms with Crippen molar-refractivity contribution in [3.8, 4) is 6.07 Å². The molecule has 0 saturated heterocycles. The van der Waals surface area contributed by atoms with E-state index < -0.39 is 0 Å². The van der Waals surface area contributed by atoms with E-state index in [2.05, 4.69) is 31.3 Å². The predicted octanol–water partition coefficient (Wildman–Crippen LogP) is 4.72. The van der Waals surface area contributed by atoms with Gasteiger partial charge in [-0.1, -0.05) is 31.2 Å². The topological polar surface area (TPSA) is 35.8 Å². The summed E-state index contributed by atoms with van der Waals surface area (Å²) in [6.45, 7) is 4.15. The summed E-state index contributed by atoms with van der Waals surface area (Å²) in [6, 6.07) is 16.3. The molecular weight excluding hydrogens is 252 g/mol.